The number of nitrogens with zero attached hydrogens (tertiary/aromatic N) is 2. The third-order valence-corrected chi connectivity index (χ3v) is 9.08. The molecule has 0 unspecified atom stereocenters. The minimum absolute atomic E-state index is 0.149. The van der Waals surface area contributed by atoms with Gasteiger partial charge < -0.3 is 14.4 Å². The zero-order chi connectivity index (χ0) is 32.4. The highest BCUT2D eigenvalue weighted by Crippen LogP contribution is 2.50. The quantitative estimate of drug-likeness (QED) is 0.227. The summed E-state index contributed by atoms with van der Waals surface area (Å²) in [6.07, 6.45) is -0.694. The first-order valence-corrected chi connectivity index (χ1v) is 15.1. The van der Waals surface area contributed by atoms with Crippen molar-refractivity contribution in [2.45, 2.75) is 65.5 Å². The summed E-state index contributed by atoms with van der Waals surface area (Å²) < 4.78 is 54.4. The van der Waals surface area contributed by atoms with E-state index in [4.69, 9.17) is 9.47 Å². The molecule has 0 saturated heterocycles. The van der Waals surface area contributed by atoms with Gasteiger partial charge in [0.2, 0.25) is 11.5 Å². The smallest absolute Gasteiger partial charge is 0.416 e. The van der Waals surface area contributed by atoms with Gasteiger partial charge in [-0.3, -0.25) is 4.79 Å². The topological polar surface area (TPSA) is 41.8 Å². The number of allylic oxidation sites excluding steroid dienone is 5. The van der Waals surface area contributed by atoms with Gasteiger partial charge in [0.15, 0.2) is 12.3 Å². The summed E-state index contributed by atoms with van der Waals surface area (Å²) in [6.45, 7) is 16.1. The Hall–Kier alpha value is -3.65. The van der Waals surface area contributed by atoms with Gasteiger partial charge in [0.1, 0.15) is 5.76 Å². The molecular formula is C36H42F3N2O3+. The number of rotatable bonds is 8. The van der Waals surface area contributed by atoms with Crippen LogP contribution in [0.3, 0.4) is 0 Å². The van der Waals surface area contributed by atoms with Crippen LogP contribution in [0.4, 0.5) is 24.5 Å². The molecule has 44 heavy (non-hydrogen) atoms. The maximum Gasteiger partial charge on any atom is 0.416 e. The second-order valence-electron chi connectivity index (χ2n) is 13.4. The summed E-state index contributed by atoms with van der Waals surface area (Å²) >= 11 is 0. The van der Waals surface area contributed by atoms with Crippen LogP contribution in [0.5, 0.6) is 0 Å². The Morgan fingerprint density at radius 1 is 0.977 bits per heavy atom. The van der Waals surface area contributed by atoms with Crippen molar-refractivity contribution in [2.24, 2.45) is 5.92 Å². The van der Waals surface area contributed by atoms with Gasteiger partial charge in [-0.05, 0) is 50.6 Å². The number of anilines is 1. The Labute approximate surface area is 258 Å². The molecule has 0 aromatic heterocycles. The van der Waals surface area contributed by atoms with E-state index >= 15 is 0 Å². The number of aryl methyl sites for hydroxylation is 1. The molecule has 0 N–H and O–H groups in total. The fourth-order valence-corrected chi connectivity index (χ4v) is 6.74. The van der Waals surface area contributed by atoms with Gasteiger partial charge in [0, 0.05) is 54.1 Å². The van der Waals surface area contributed by atoms with E-state index in [1.165, 1.54) is 11.6 Å². The second-order valence-corrected chi connectivity index (χ2v) is 13.4. The lowest BCUT2D eigenvalue weighted by Gasteiger charge is -2.30. The van der Waals surface area contributed by atoms with Crippen molar-refractivity contribution in [3.63, 3.8) is 0 Å². The van der Waals surface area contributed by atoms with Crippen LogP contribution in [0.15, 0.2) is 71.2 Å². The van der Waals surface area contributed by atoms with Crippen LogP contribution >= 0.6 is 0 Å². The van der Waals surface area contributed by atoms with Crippen LogP contribution in [-0.4, -0.2) is 50.0 Å². The highest BCUT2D eigenvalue weighted by atomic mass is 19.4. The number of methoxy groups -OCH3 is 2. The summed E-state index contributed by atoms with van der Waals surface area (Å²) in [6, 6.07) is 10.3. The lowest BCUT2D eigenvalue weighted by molar-refractivity contribution is -0.445. The highest BCUT2D eigenvalue weighted by Gasteiger charge is 2.49. The molecule has 0 fully saturated rings. The number of hydrogen-bond acceptors (Lipinski definition) is 4. The van der Waals surface area contributed by atoms with E-state index in [9.17, 15) is 18.0 Å². The van der Waals surface area contributed by atoms with Gasteiger partial charge in [0.05, 0.1) is 35.8 Å². The average molecular weight is 608 g/mol. The first-order valence-electron chi connectivity index (χ1n) is 15.1. The molecule has 3 aliphatic rings. The van der Waals surface area contributed by atoms with Crippen molar-refractivity contribution >= 4 is 22.9 Å². The predicted molar refractivity (Wildman–Crippen MR) is 168 cm³/mol. The monoisotopic (exact) mass is 607 g/mol. The number of alkyl halides is 3. The number of carbonyl (C=O) groups excluding carboxylic acids is 1. The molecule has 5 nitrogen and oxygen atoms in total. The number of ether oxygens (including phenoxy) is 2. The average Bonchev–Trinajstić information content (AvgIpc) is 3.27. The molecule has 0 atom stereocenters. The van der Waals surface area contributed by atoms with E-state index < -0.39 is 17.2 Å². The van der Waals surface area contributed by atoms with E-state index in [2.05, 4.69) is 62.3 Å². The SMILES string of the molecule is COCCN1C(=CC2=C(OC)C(=CC3=[N+](CC(C)C)c4ccc(C(F)(F)F)cc4C3(C)C)C2=O)C(C)(C)c2cc(C)ccc21. The summed E-state index contributed by atoms with van der Waals surface area (Å²) in [4.78, 5) is 16.1. The van der Waals surface area contributed by atoms with Gasteiger partial charge >= 0.3 is 6.18 Å². The maximum atomic E-state index is 13.9. The molecule has 8 heteroatoms. The Bertz CT molecular complexity index is 1650. The third kappa shape index (κ3) is 5.11. The van der Waals surface area contributed by atoms with Gasteiger partial charge in [0.25, 0.3) is 0 Å². The number of ketones is 1. The van der Waals surface area contributed by atoms with Crippen molar-refractivity contribution < 1.29 is 32.0 Å². The molecule has 0 bridgehead atoms. The van der Waals surface area contributed by atoms with E-state index in [0.29, 0.717) is 42.2 Å². The highest BCUT2D eigenvalue weighted by molar-refractivity contribution is 6.24. The Morgan fingerprint density at radius 2 is 1.68 bits per heavy atom. The van der Waals surface area contributed by atoms with E-state index in [-0.39, 0.29) is 17.1 Å². The minimum atomic E-state index is -4.45. The molecule has 2 aromatic rings. The molecule has 0 spiro atoms. The van der Waals surface area contributed by atoms with Crippen LogP contribution < -0.4 is 4.90 Å². The Morgan fingerprint density at radius 3 is 2.30 bits per heavy atom. The first-order chi connectivity index (χ1) is 20.5. The van der Waals surface area contributed by atoms with E-state index in [0.717, 1.165) is 34.4 Å². The fraction of sp³-hybridized carbons (Fsp3) is 0.444. The standard InChI is InChI=1S/C36H42F3N2O3/c1-21(2)20-41-29-13-11-23(36(37,38)39)17-27(29)35(6,7)31(41)19-25-32(42)24(33(25)44-9)18-30-34(4,5)26-16-22(3)10-12-28(26)40(30)14-15-43-8/h10-13,16-19,21H,14-15,20H2,1-9H3/q+1. The molecule has 5 rings (SSSR count). The fourth-order valence-electron chi connectivity index (χ4n) is 6.74. The molecule has 0 saturated carbocycles. The zero-order valence-electron chi connectivity index (χ0n) is 27.1. The van der Waals surface area contributed by atoms with Crippen molar-refractivity contribution in [2.75, 3.05) is 38.8 Å². The Balaban J connectivity index is 1.62. The predicted octanol–water partition coefficient (Wildman–Crippen LogP) is 7.78. The van der Waals surface area contributed by atoms with Gasteiger partial charge in [-0.2, -0.15) is 17.7 Å². The second kappa shape index (κ2) is 11.1. The van der Waals surface area contributed by atoms with Gasteiger partial charge in [-0.25, -0.2) is 0 Å². The zero-order valence-corrected chi connectivity index (χ0v) is 27.1. The molecular weight excluding hydrogens is 565 g/mol. The largest absolute Gasteiger partial charge is 0.495 e. The van der Waals surface area contributed by atoms with Crippen LogP contribution in [0.2, 0.25) is 0 Å². The van der Waals surface area contributed by atoms with E-state index in [1.54, 1.807) is 20.3 Å². The molecule has 2 aromatic carbocycles. The number of halogens is 3. The minimum Gasteiger partial charge on any atom is -0.495 e. The van der Waals surface area contributed by atoms with Crippen LogP contribution in [-0.2, 0) is 31.3 Å². The summed E-state index contributed by atoms with van der Waals surface area (Å²) in [7, 11) is 3.22. The third-order valence-electron chi connectivity index (χ3n) is 9.08. The molecule has 0 radical (unpaired) electrons. The normalized spacial score (nSPS) is 20.7. The van der Waals surface area contributed by atoms with Crippen molar-refractivity contribution in [1.29, 1.82) is 0 Å². The number of fused-ring (bicyclic) bond motifs is 2. The number of Topliss-reactive ketones (excluding diaryl/α,β-unsaturated/α-hetero) is 1. The summed E-state index contributed by atoms with van der Waals surface area (Å²) in [5, 5.41) is 0. The van der Waals surface area contributed by atoms with Gasteiger partial charge in [-0.15, -0.1) is 0 Å². The molecule has 2 aliphatic heterocycles. The Kier molecular flexibility index (Phi) is 7.98. The van der Waals surface area contributed by atoms with Crippen LogP contribution in [0, 0.1) is 12.8 Å². The van der Waals surface area contributed by atoms with Crippen LogP contribution in [0.25, 0.3) is 0 Å². The molecule has 234 valence electrons. The van der Waals surface area contributed by atoms with E-state index in [1.807, 2.05) is 26.0 Å². The molecule has 1 aliphatic carbocycles. The number of benzene rings is 2. The summed E-state index contributed by atoms with van der Waals surface area (Å²) in [5.74, 6) is 0.566. The number of hydrogen-bond donors (Lipinski definition) is 0. The number of carbonyl (C=O) groups is 1. The molecule has 0 amide bonds. The van der Waals surface area contributed by atoms with Crippen molar-refractivity contribution in [1.82, 2.24) is 0 Å². The maximum absolute atomic E-state index is 13.9. The first kappa shape index (κ1) is 31.8. The van der Waals surface area contributed by atoms with Crippen molar-refractivity contribution in [3.05, 3.63) is 93.4 Å². The van der Waals surface area contributed by atoms with Crippen molar-refractivity contribution in [3.8, 4) is 0 Å². The molecule has 2 heterocycles. The van der Waals surface area contributed by atoms with Gasteiger partial charge in [-0.1, -0.05) is 45.4 Å². The van der Waals surface area contributed by atoms with Crippen LogP contribution in [0.1, 0.15) is 63.8 Å². The lowest BCUT2D eigenvalue weighted by atomic mass is 9.77. The lowest BCUT2D eigenvalue weighted by Crippen LogP contribution is -2.33. The summed E-state index contributed by atoms with van der Waals surface area (Å²) in [5.41, 5.74) is 5.61.